The molecule has 0 aliphatic carbocycles. The number of amides is 3. The Morgan fingerprint density at radius 3 is 2.41 bits per heavy atom. The highest BCUT2D eigenvalue weighted by atomic mass is 16.6. The first-order valence-corrected chi connectivity index (χ1v) is 14.4. The molecule has 4 rings (SSSR count). The number of benzene rings is 1. The number of hydrogen-bond donors (Lipinski definition) is 1. The highest BCUT2D eigenvalue weighted by Crippen LogP contribution is 2.39. The van der Waals surface area contributed by atoms with E-state index in [4.69, 9.17) is 9.47 Å². The topological polar surface area (TPSA) is 109 Å². The lowest BCUT2D eigenvalue weighted by Gasteiger charge is -2.39. The second-order valence-electron chi connectivity index (χ2n) is 12.2. The minimum absolute atomic E-state index is 0.0329. The van der Waals surface area contributed by atoms with Crippen molar-refractivity contribution in [2.24, 2.45) is 0 Å². The summed E-state index contributed by atoms with van der Waals surface area (Å²) in [7, 11) is 0. The molecule has 2 unspecified atom stereocenters. The smallest absolute Gasteiger partial charge is 0.410 e. The second-order valence-corrected chi connectivity index (χ2v) is 12.2. The fourth-order valence-corrected chi connectivity index (χ4v) is 5.41. The minimum atomic E-state index is -0.494. The van der Waals surface area contributed by atoms with Gasteiger partial charge in [-0.3, -0.25) is 14.4 Å². The number of anilines is 1. The van der Waals surface area contributed by atoms with E-state index in [-0.39, 0.29) is 30.2 Å². The largest absolute Gasteiger partial charge is 0.447 e. The van der Waals surface area contributed by atoms with Crippen molar-refractivity contribution in [2.75, 3.05) is 37.6 Å². The van der Waals surface area contributed by atoms with E-state index >= 15 is 0 Å². The maximum atomic E-state index is 12.5. The molecule has 3 amide bonds. The molecule has 11 nitrogen and oxygen atoms in total. The van der Waals surface area contributed by atoms with Crippen molar-refractivity contribution < 1.29 is 23.9 Å². The van der Waals surface area contributed by atoms with E-state index in [2.05, 4.69) is 15.3 Å². The molecule has 2 aliphatic rings. The van der Waals surface area contributed by atoms with Crippen molar-refractivity contribution in [2.45, 2.75) is 85.2 Å². The maximum Gasteiger partial charge on any atom is 0.410 e. The van der Waals surface area contributed by atoms with Gasteiger partial charge in [0.1, 0.15) is 5.60 Å². The van der Waals surface area contributed by atoms with Crippen molar-refractivity contribution in [1.29, 1.82) is 0 Å². The van der Waals surface area contributed by atoms with Crippen molar-refractivity contribution in [3.8, 4) is 11.1 Å². The molecule has 2 aliphatic heterocycles. The van der Waals surface area contributed by atoms with E-state index in [0.717, 1.165) is 48.6 Å². The number of piperazine rings is 1. The number of alkyl carbamates (subject to hydrolysis) is 1. The molecule has 1 aromatic heterocycles. The molecule has 2 atom stereocenters. The number of ether oxygens (including phenoxy) is 2. The summed E-state index contributed by atoms with van der Waals surface area (Å²) in [4.78, 5) is 43.2. The Hall–Kier alpha value is -3.60. The third kappa shape index (κ3) is 7.78. The van der Waals surface area contributed by atoms with E-state index < -0.39 is 11.7 Å². The van der Waals surface area contributed by atoms with Gasteiger partial charge >= 0.3 is 12.2 Å². The molecular formula is C30H44N6O5. The number of carbonyl (C=O) groups excluding carboxylic acids is 3. The number of rotatable bonds is 6. The van der Waals surface area contributed by atoms with Crippen molar-refractivity contribution in [3.05, 3.63) is 36.2 Å². The number of fused-ring (bicyclic) bond motifs is 1. The quantitative estimate of drug-likeness (QED) is 0.549. The molecule has 41 heavy (non-hydrogen) atoms. The minimum Gasteiger partial charge on any atom is -0.447 e. The van der Waals surface area contributed by atoms with Crippen LogP contribution in [0.4, 0.5) is 15.3 Å². The predicted molar refractivity (Wildman–Crippen MR) is 157 cm³/mol. The Morgan fingerprint density at radius 2 is 1.78 bits per heavy atom. The third-order valence-electron chi connectivity index (χ3n) is 7.29. The highest BCUT2D eigenvalue weighted by molar-refractivity contribution is 5.94. The summed E-state index contributed by atoms with van der Waals surface area (Å²) >= 11 is 0. The predicted octanol–water partition coefficient (Wildman–Crippen LogP) is 4.42. The van der Waals surface area contributed by atoms with Crippen LogP contribution in [0.15, 0.2) is 30.6 Å². The molecule has 0 radical (unpaired) electrons. The first-order chi connectivity index (χ1) is 19.3. The molecule has 0 saturated carbocycles. The summed E-state index contributed by atoms with van der Waals surface area (Å²) in [5, 5.41) is 7.58. The maximum absolute atomic E-state index is 12.5. The SMILES string of the molecule is CC(=O)N1c2ccc(-c3cnn(CCN4CCN(C(=O)OC(C)(C)C)CC4)c3)cc2C(NC(=O)OC(C)C)CC1C. The van der Waals surface area contributed by atoms with E-state index in [1.165, 1.54) is 0 Å². The van der Waals surface area contributed by atoms with Gasteiger partial charge in [0.25, 0.3) is 0 Å². The average molecular weight is 569 g/mol. The van der Waals surface area contributed by atoms with Gasteiger partial charge in [-0.1, -0.05) is 6.07 Å². The van der Waals surface area contributed by atoms with Crippen LogP contribution in [0.5, 0.6) is 0 Å². The van der Waals surface area contributed by atoms with Crippen LogP contribution in [0, 0.1) is 0 Å². The summed E-state index contributed by atoms with van der Waals surface area (Å²) in [5.74, 6) is -0.0329. The monoisotopic (exact) mass is 568 g/mol. The fraction of sp³-hybridized carbons (Fsp3) is 0.600. The zero-order valence-electron chi connectivity index (χ0n) is 25.3. The van der Waals surface area contributed by atoms with Gasteiger partial charge in [-0.2, -0.15) is 5.10 Å². The second kappa shape index (κ2) is 12.5. The van der Waals surface area contributed by atoms with Crippen molar-refractivity contribution in [3.63, 3.8) is 0 Å². The zero-order valence-corrected chi connectivity index (χ0v) is 25.3. The van der Waals surface area contributed by atoms with Crippen molar-refractivity contribution in [1.82, 2.24) is 24.9 Å². The Labute approximate surface area is 242 Å². The Kier molecular flexibility index (Phi) is 9.26. The summed E-state index contributed by atoms with van der Waals surface area (Å²) in [6, 6.07) is 5.63. The number of carbonyl (C=O) groups is 3. The molecule has 0 bridgehead atoms. The Balaban J connectivity index is 1.42. The normalized spacial score (nSPS) is 19.6. The van der Waals surface area contributed by atoms with E-state index in [9.17, 15) is 14.4 Å². The molecule has 2 aromatic rings. The summed E-state index contributed by atoms with van der Waals surface area (Å²) < 4.78 is 12.8. The van der Waals surface area contributed by atoms with E-state index in [1.54, 1.807) is 16.7 Å². The number of nitrogens with zero attached hydrogens (tertiary/aromatic N) is 5. The van der Waals surface area contributed by atoms with Crippen LogP contribution in [0.1, 0.15) is 66.5 Å². The molecule has 0 spiro atoms. The van der Waals surface area contributed by atoms with Gasteiger partial charge < -0.3 is 24.6 Å². The molecule has 3 heterocycles. The first-order valence-electron chi connectivity index (χ1n) is 14.4. The van der Waals surface area contributed by atoms with Crippen LogP contribution in [0.2, 0.25) is 0 Å². The molecule has 1 aromatic carbocycles. The standard InChI is InChI=1S/C30H44N6O5/c1-20(2)40-28(38)32-26-16-21(3)36(22(4)37)27-9-8-23(17-25(26)27)24-18-31-35(19-24)15-12-33-10-13-34(14-11-33)29(39)41-30(5,6)7/h8-9,17-21,26H,10-16H2,1-7H3,(H,32,38). The Bertz CT molecular complexity index is 1240. The Morgan fingerprint density at radius 1 is 1.07 bits per heavy atom. The summed E-state index contributed by atoms with van der Waals surface area (Å²) in [5.41, 5.74) is 3.11. The molecular weight excluding hydrogens is 524 g/mol. The fourth-order valence-electron chi connectivity index (χ4n) is 5.41. The zero-order chi connectivity index (χ0) is 29.9. The van der Waals surface area contributed by atoms with Gasteiger partial charge in [0.15, 0.2) is 0 Å². The summed E-state index contributed by atoms with van der Waals surface area (Å²) in [6.07, 6.45) is 3.49. The van der Waals surface area contributed by atoms with Crippen LogP contribution < -0.4 is 10.2 Å². The first kappa shape index (κ1) is 30.4. The van der Waals surface area contributed by atoms with Crippen molar-refractivity contribution >= 4 is 23.8 Å². The lowest BCUT2D eigenvalue weighted by atomic mass is 9.89. The van der Waals surface area contributed by atoms with Gasteiger partial charge in [0.2, 0.25) is 5.91 Å². The summed E-state index contributed by atoms with van der Waals surface area (Å²) in [6.45, 7) is 17.2. The number of aromatic nitrogens is 2. The van der Waals surface area contributed by atoms with Crippen LogP contribution >= 0.6 is 0 Å². The number of hydrogen-bond acceptors (Lipinski definition) is 7. The van der Waals surface area contributed by atoms with Crippen LogP contribution in [0.3, 0.4) is 0 Å². The van der Waals surface area contributed by atoms with Gasteiger partial charge in [0, 0.05) is 63.1 Å². The van der Waals surface area contributed by atoms with Gasteiger partial charge in [0.05, 0.1) is 24.9 Å². The van der Waals surface area contributed by atoms with Crippen LogP contribution in [-0.2, 0) is 20.8 Å². The average Bonchev–Trinajstić information content (AvgIpc) is 3.35. The van der Waals surface area contributed by atoms with E-state index in [0.29, 0.717) is 19.5 Å². The lowest BCUT2D eigenvalue weighted by molar-refractivity contribution is -0.117. The molecule has 1 fully saturated rings. The van der Waals surface area contributed by atoms with Crippen LogP contribution in [-0.4, -0.2) is 88.1 Å². The number of nitrogens with one attached hydrogen (secondary N) is 1. The highest BCUT2D eigenvalue weighted by Gasteiger charge is 2.34. The lowest BCUT2D eigenvalue weighted by Crippen LogP contribution is -2.50. The van der Waals surface area contributed by atoms with Gasteiger partial charge in [-0.25, -0.2) is 9.59 Å². The molecule has 224 valence electrons. The van der Waals surface area contributed by atoms with E-state index in [1.807, 2.05) is 76.8 Å². The molecule has 1 saturated heterocycles. The third-order valence-corrected chi connectivity index (χ3v) is 7.29. The van der Waals surface area contributed by atoms with Gasteiger partial charge in [-0.05, 0) is 71.2 Å². The molecule has 11 heteroatoms. The van der Waals surface area contributed by atoms with Gasteiger partial charge in [-0.15, -0.1) is 0 Å². The van der Waals surface area contributed by atoms with Crippen LogP contribution in [0.25, 0.3) is 11.1 Å². The molecule has 1 N–H and O–H groups in total.